The lowest BCUT2D eigenvalue weighted by molar-refractivity contribution is 0.745. The molecule has 5 rings (SSSR count). The molecule has 1 N–H and O–H groups in total. The van der Waals surface area contributed by atoms with E-state index in [4.69, 9.17) is 11.6 Å². The Morgan fingerprint density at radius 2 is 1.09 bits per heavy atom. The van der Waals surface area contributed by atoms with Crippen LogP contribution < -0.4 is 5.32 Å². The van der Waals surface area contributed by atoms with Gasteiger partial charge in [-0.05, 0) is 34.4 Å². The summed E-state index contributed by atoms with van der Waals surface area (Å²) in [5.41, 5.74) is 5.57. The number of benzene rings is 4. The normalized spacial score (nSPS) is 11.3. The van der Waals surface area contributed by atoms with E-state index in [-0.39, 0.29) is 0 Å². The van der Waals surface area contributed by atoms with Crippen molar-refractivity contribution in [1.82, 2.24) is 4.98 Å². The fourth-order valence-corrected chi connectivity index (χ4v) is 5.37. The maximum absolute atomic E-state index is 5.97. The van der Waals surface area contributed by atoms with Gasteiger partial charge in [-0.3, -0.25) is 0 Å². The van der Waals surface area contributed by atoms with Crippen LogP contribution in [-0.4, -0.2) is 4.98 Å². The van der Waals surface area contributed by atoms with Gasteiger partial charge in [-0.2, -0.15) is 0 Å². The van der Waals surface area contributed by atoms with Crippen molar-refractivity contribution in [2.45, 2.75) is 12.0 Å². The van der Waals surface area contributed by atoms with Gasteiger partial charge in [0.05, 0.1) is 12.0 Å². The zero-order valence-electron chi connectivity index (χ0n) is 18.0. The average molecular weight is 467 g/mol. The Bertz CT molecular complexity index is 1200. The van der Waals surface area contributed by atoms with Crippen molar-refractivity contribution in [3.05, 3.63) is 153 Å². The van der Waals surface area contributed by atoms with Crippen molar-refractivity contribution in [1.29, 1.82) is 0 Å². The highest BCUT2D eigenvalue weighted by Crippen LogP contribution is 2.45. The van der Waals surface area contributed by atoms with Gasteiger partial charge in [0.2, 0.25) is 0 Å². The van der Waals surface area contributed by atoms with E-state index >= 15 is 0 Å². The van der Waals surface area contributed by atoms with E-state index in [0.717, 1.165) is 10.6 Å². The molecule has 0 atom stereocenters. The highest BCUT2D eigenvalue weighted by molar-refractivity contribution is 7.15. The van der Waals surface area contributed by atoms with Crippen LogP contribution in [0, 0.1) is 0 Å². The van der Waals surface area contributed by atoms with E-state index in [2.05, 4.69) is 126 Å². The zero-order chi connectivity index (χ0) is 22.5. The topological polar surface area (TPSA) is 24.9 Å². The third-order valence-electron chi connectivity index (χ3n) is 5.93. The first kappa shape index (κ1) is 21.4. The van der Waals surface area contributed by atoms with Gasteiger partial charge in [-0.25, -0.2) is 4.98 Å². The molecule has 0 aliphatic rings. The third-order valence-corrected chi connectivity index (χ3v) is 7.05. The molecule has 0 bridgehead atoms. The van der Waals surface area contributed by atoms with Gasteiger partial charge in [0.15, 0.2) is 4.47 Å². The molecule has 0 unspecified atom stereocenters. The number of rotatable bonds is 7. The molecule has 33 heavy (non-hydrogen) atoms. The van der Waals surface area contributed by atoms with Gasteiger partial charge in [-0.1, -0.05) is 115 Å². The molecule has 0 fully saturated rings. The molecule has 0 saturated heterocycles. The minimum absolute atomic E-state index is 0.423. The Morgan fingerprint density at radius 3 is 1.52 bits per heavy atom. The van der Waals surface area contributed by atoms with Crippen molar-refractivity contribution >= 4 is 28.6 Å². The molecule has 0 spiro atoms. The van der Waals surface area contributed by atoms with E-state index in [1.54, 1.807) is 0 Å². The predicted octanol–water partition coefficient (Wildman–Crippen LogP) is 7.79. The summed E-state index contributed by atoms with van der Waals surface area (Å²) in [4.78, 5) is 5.23. The Balaban J connectivity index is 1.61. The van der Waals surface area contributed by atoms with E-state index in [1.807, 2.05) is 6.20 Å². The van der Waals surface area contributed by atoms with Gasteiger partial charge in [0.1, 0.15) is 0 Å². The molecule has 0 saturated carbocycles. The molecular formula is C29H23ClN2S. The number of anilines is 1. The number of nitrogens with zero attached hydrogens (tertiary/aromatic N) is 1. The zero-order valence-corrected chi connectivity index (χ0v) is 19.6. The number of hydrogen-bond acceptors (Lipinski definition) is 3. The SMILES string of the molecule is Clc1ncc(CNc2ccc(C(c3ccccc3)(c3ccccc3)c3ccccc3)cc2)s1. The first-order chi connectivity index (χ1) is 16.3. The van der Waals surface area contributed by atoms with Crippen molar-refractivity contribution in [3.63, 3.8) is 0 Å². The molecule has 0 amide bonds. The van der Waals surface area contributed by atoms with Crippen LogP contribution >= 0.6 is 22.9 Å². The van der Waals surface area contributed by atoms with E-state index in [9.17, 15) is 0 Å². The Kier molecular flexibility index (Phi) is 6.25. The molecule has 5 aromatic rings. The summed E-state index contributed by atoms with van der Waals surface area (Å²) >= 11 is 7.47. The Hall–Kier alpha value is -3.40. The molecule has 0 aliphatic carbocycles. The second-order valence-corrected chi connectivity index (χ2v) is 9.56. The van der Waals surface area contributed by atoms with Gasteiger partial charge in [0.25, 0.3) is 0 Å². The van der Waals surface area contributed by atoms with E-state index < -0.39 is 5.41 Å². The van der Waals surface area contributed by atoms with E-state index in [0.29, 0.717) is 11.0 Å². The molecule has 0 radical (unpaired) electrons. The number of hydrogen-bond donors (Lipinski definition) is 1. The monoisotopic (exact) mass is 466 g/mol. The molecule has 4 aromatic carbocycles. The summed E-state index contributed by atoms with van der Waals surface area (Å²) in [6.07, 6.45) is 1.82. The largest absolute Gasteiger partial charge is 0.380 e. The van der Waals surface area contributed by atoms with Crippen molar-refractivity contribution < 1.29 is 0 Å². The number of aromatic nitrogens is 1. The van der Waals surface area contributed by atoms with Crippen LogP contribution in [0.1, 0.15) is 27.1 Å². The summed E-state index contributed by atoms with van der Waals surface area (Å²) in [6.45, 7) is 0.699. The number of halogens is 1. The second kappa shape index (κ2) is 9.62. The minimum atomic E-state index is -0.423. The molecule has 4 heteroatoms. The van der Waals surface area contributed by atoms with Gasteiger partial charge < -0.3 is 5.32 Å². The van der Waals surface area contributed by atoms with Gasteiger partial charge in [0, 0.05) is 16.8 Å². The Morgan fingerprint density at radius 1 is 0.636 bits per heavy atom. The first-order valence-electron chi connectivity index (χ1n) is 10.9. The van der Waals surface area contributed by atoms with Crippen molar-refractivity contribution in [2.75, 3.05) is 5.32 Å². The number of thiazole rings is 1. The van der Waals surface area contributed by atoms with Crippen molar-refractivity contribution in [2.24, 2.45) is 0 Å². The van der Waals surface area contributed by atoms with E-state index in [1.165, 1.54) is 33.6 Å². The van der Waals surface area contributed by atoms with Crippen LogP contribution in [0.25, 0.3) is 0 Å². The fraction of sp³-hybridized carbons (Fsp3) is 0.0690. The molecule has 1 heterocycles. The lowest BCUT2D eigenvalue weighted by Gasteiger charge is -2.37. The summed E-state index contributed by atoms with van der Waals surface area (Å²) in [6, 6.07) is 41.0. The number of nitrogens with one attached hydrogen (secondary N) is 1. The summed E-state index contributed by atoms with van der Waals surface area (Å²) in [5, 5.41) is 3.48. The second-order valence-electron chi connectivity index (χ2n) is 7.86. The lowest BCUT2D eigenvalue weighted by atomic mass is 9.65. The molecule has 1 aromatic heterocycles. The molecule has 162 valence electrons. The van der Waals surface area contributed by atoms with Crippen LogP contribution in [0.5, 0.6) is 0 Å². The summed E-state index contributed by atoms with van der Waals surface area (Å²) in [5.74, 6) is 0. The van der Waals surface area contributed by atoms with Crippen LogP contribution in [0.3, 0.4) is 0 Å². The minimum Gasteiger partial charge on any atom is -0.380 e. The van der Waals surface area contributed by atoms with Crippen LogP contribution in [0.2, 0.25) is 4.47 Å². The maximum Gasteiger partial charge on any atom is 0.183 e. The third kappa shape index (κ3) is 4.30. The smallest absolute Gasteiger partial charge is 0.183 e. The van der Waals surface area contributed by atoms with Gasteiger partial charge in [-0.15, -0.1) is 11.3 Å². The molecule has 0 aliphatic heterocycles. The fourth-order valence-electron chi connectivity index (χ4n) is 4.46. The maximum atomic E-state index is 5.97. The van der Waals surface area contributed by atoms with Crippen LogP contribution in [-0.2, 0) is 12.0 Å². The standard InChI is InChI=1S/C29H23ClN2S/c30-28-32-21-27(33-28)20-31-26-18-16-25(17-19-26)29(22-10-4-1-5-11-22,23-12-6-2-7-13-23)24-14-8-3-9-15-24/h1-19,21,31H,20H2. The Labute approximate surface area is 203 Å². The van der Waals surface area contributed by atoms with Gasteiger partial charge >= 0.3 is 0 Å². The highest BCUT2D eigenvalue weighted by atomic mass is 35.5. The molecule has 2 nitrogen and oxygen atoms in total. The van der Waals surface area contributed by atoms with Crippen LogP contribution in [0.15, 0.2) is 121 Å². The van der Waals surface area contributed by atoms with Crippen LogP contribution in [0.4, 0.5) is 5.69 Å². The molecular weight excluding hydrogens is 444 g/mol. The quantitative estimate of drug-likeness (QED) is 0.247. The highest BCUT2D eigenvalue weighted by Gasteiger charge is 2.38. The predicted molar refractivity (Wildman–Crippen MR) is 139 cm³/mol. The summed E-state index contributed by atoms with van der Waals surface area (Å²) < 4.78 is 0.570. The first-order valence-corrected chi connectivity index (χ1v) is 12.1. The van der Waals surface area contributed by atoms with Crippen molar-refractivity contribution in [3.8, 4) is 0 Å². The lowest BCUT2D eigenvalue weighted by Crippen LogP contribution is -2.30. The summed E-state index contributed by atoms with van der Waals surface area (Å²) in [7, 11) is 0. The average Bonchev–Trinajstić information content (AvgIpc) is 3.31.